The Balaban J connectivity index is 0.000000753. The molecule has 0 radical (unpaired) electrons. The molecule has 0 aliphatic carbocycles. The number of carboxylic acid groups (broad SMARTS) is 1. The number of urea groups is 1. The van der Waals surface area contributed by atoms with Crippen molar-refractivity contribution in [3.63, 3.8) is 0 Å². The minimum Gasteiger partial charge on any atom is -0.481 e. The number of rotatable bonds is 32. The Labute approximate surface area is 643 Å². The molecule has 33 nitrogen and oxygen atoms in total. The zero-order valence-electron chi connectivity index (χ0n) is 63.4. The number of aliphatic hydroxyl groups excluding tert-OH is 2. The molecule has 18 atom stereocenters. The number of carbonyl (C=O) groups is 9. The van der Waals surface area contributed by atoms with Gasteiger partial charge in [-0.1, -0.05) is 6.42 Å². The first-order chi connectivity index (χ1) is 51.0. The summed E-state index contributed by atoms with van der Waals surface area (Å²) in [5.74, 6) is -7.64. The number of aryl methyl sites for hydroxylation is 2. The fourth-order valence-corrected chi connectivity index (χ4v) is 21.9. The van der Waals surface area contributed by atoms with Gasteiger partial charge in [0.2, 0.25) is 0 Å². The van der Waals surface area contributed by atoms with Crippen molar-refractivity contribution in [3.8, 4) is 5.00 Å². The van der Waals surface area contributed by atoms with Crippen molar-refractivity contribution in [2.75, 3.05) is 18.9 Å². The number of fused-ring (bicyclic) bond motifs is 8. The first kappa shape index (κ1) is 85.1. The monoisotopic (exact) mass is 1600 g/mol. The molecule has 2 unspecified atom stereocenters. The van der Waals surface area contributed by atoms with Crippen molar-refractivity contribution in [2.45, 2.75) is 232 Å². The molecular weight excluding hydrogens is 1490 g/mol. The molecule has 8 bridgehead atoms. The molecule has 1 aromatic carbocycles. The number of allylic oxidation sites excluding steroid dienone is 6. The number of nitrogens with one attached hydrogen (secondary N) is 3. The van der Waals surface area contributed by atoms with Gasteiger partial charge < -0.3 is 44.7 Å². The number of amides is 9. The van der Waals surface area contributed by atoms with Crippen LogP contribution in [0.25, 0.3) is 11.0 Å². The number of carboxylic acids is 1. The van der Waals surface area contributed by atoms with E-state index < -0.39 is 149 Å². The quantitative estimate of drug-likeness (QED) is 0.0283. The number of nitrogens with two attached hydrogens (primary N) is 6. The number of phosphoric acid groups is 1. The van der Waals surface area contributed by atoms with Crippen molar-refractivity contribution in [1.82, 2.24) is 29.5 Å². The normalized spacial score (nSPS) is 33.3. The van der Waals surface area contributed by atoms with E-state index >= 15 is 0 Å². The molecule has 4 fully saturated rings. The first-order valence-corrected chi connectivity index (χ1v) is 40.1. The first-order valence-electron chi connectivity index (χ1n) is 36.6. The van der Waals surface area contributed by atoms with Crippen LogP contribution in [0.15, 0.2) is 67.8 Å². The zero-order chi connectivity index (χ0) is 80.5. The van der Waals surface area contributed by atoms with Gasteiger partial charge in [0.25, 0.3) is 7.82 Å². The summed E-state index contributed by atoms with van der Waals surface area (Å²) in [6.07, 6.45) is -2.50. The van der Waals surface area contributed by atoms with Gasteiger partial charge in [-0.05, 0) is 49.9 Å². The predicted molar refractivity (Wildman–Crippen MR) is 397 cm³/mol. The van der Waals surface area contributed by atoms with Gasteiger partial charge in [0.1, 0.15) is 18.3 Å². The molecule has 10 rings (SSSR count). The van der Waals surface area contributed by atoms with Crippen LogP contribution in [0, 0.1) is 69.4 Å². The number of aliphatic imine (C=N–C) groups is 3. The molecule has 8 aliphatic heterocycles. The molecule has 9 amide bonds. The SMILES string of the molecule is C/C1=C2N=C(/C=C3N=C(/C(C)=C4/[C@@H](CCC(N)=O)[C@](C)(CC(N)=O)[C@](C)([C@@H]5N=C1[C@](C)(CCC(=O)NCC(C)OP(=O)([O-])O[C@H]1[C@@H](O)[C@@H](n6cnc7cc(C)c(C)cc76)O[C@@H]1CO)[C@H]5CC(N)=O)[N]4[Co+][C]#N)[C@@](C)(CC(N)=O)[C@@H]\3CCC(N)=O)C(C)(C)[C@@H]/2CCC(N)=O.O=C(O)CCCC[C@@H]1SC[C@@H]2NC(=O)N[C@@H]21. The topological polar surface area (TPSA) is 556 Å². The van der Waals surface area contributed by atoms with Crippen molar-refractivity contribution in [2.24, 2.45) is 94.7 Å². The number of thioether (sulfide) groups is 1. The third kappa shape index (κ3) is 17.4. The molecule has 598 valence electrons. The minimum absolute atomic E-state index is 0.0111. The molecule has 9 heterocycles. The number of ether oxygens (including phenoxy) is 1. The Morgan fingerprint density at radius 1 is 0.826 bits per heavy atom. The number of carbonyl (C=O) groups excluding carboxylic acids is 8. The summed E-state index contributed by atoms with van der Waals surface area (Å²) in [7, 11) is -5.35. The molecule has 109 heavy (non-hydrogen) atoms. The Morgan fingerprint density at radius 3 is 2.06 bits per heavy atom. The molecular formula is C73H104CoN16O17PS. The van der Waals surface area contributed by atoms with E-state index in [9.17, 15) is 68.1 Å². The van der Waals surface area contributed by atoms with Crippen molar-refractivity contribution >= 4 is 101 Å². The molecule has 8 aliphatic rings. The molecule has 36 heteroatoms. The molecule has 2 aromatic rings. The number of nitriles is 1. The van der Waals surface area contributed by atoms with E-state index in [1.54, 1.807) is 37.7 Å². The molecule has 0 spiro atoms. The van der Waals surface area contributed by atoms with Gasteiger partial charge in [-0.15, -0.1) is 0 Å². The van der Waals surface area contributed by atoms with Crippen LogP contribution in [-0.4, -0.2) is 172 Å². The Hall–Kier alpha value is -7.91. The number of hydrogen-bond acceptors (Lipinski definition) is 23. The molecule has 4 saturated heterocycles. The maximum atomic E-state index is 14.5. The van der Waals surface area contributed by atoms with Gasteiger partial charge in [-0.2, -0.15) is 11.8 Å². The van der Waals surface area contributed by atoms with Gasteiger partial charge in [0.15, 0.2) is 6.23 Å². The average molecular weight is 1600 g/mol. The summed E-state index contributed by atoms with van der Waals surface area (Å²) in [6.45, 7) is 18.8. The molecule has 18 N–H and O–H groups in total. The fourth-order valence-electron chi connectivity index (χ4n) is 18.0. The summed E-state index contributed by atoms with van der Waals surface area (Å²) in [4.78, 5) is 150. The smallest absolute Gasteiger partial charge is 0.481 e. The number of aliphatic hydroxyl groups is 2. The summed E-state index contributed by atoms with van der Waals surface area (Å²) in [5, 5.41) is 52.7. The van der Waals surface area contributed by atoms with Crippen molar-refractivity contribution in [3.05, 3.63) is 63.9 Å². The number of aliphatic carboxylic acids is 1. The van der Waals surface area contributed by atoms with Crippen LogP contribution in [0.5, 0.6) is 0 Å². The number of benzene rings is 1. The van der Waals surface area contributed by atoms with Crippen molar-refractivity contribution in [1.29, 1.82) is 5.26 Å². The van der Waals surface area contributed by atoms with Gasteiger partial charge in [0.05, 0.1) is 36.1 Å². The number of nitrogens with zero attached hydrogens (tertiary/aromatic N) is 7. The van der Waals surface area contributed by atoms with E-state index in [4.69, 9.17) is 68.3 Å². The Bertz CT molecular complexity index is 4270. The summed E-state index contributed by atoms with van der Waals surface area (Å²) >= 11 is 1.89. The molecule has 0 saturated carbocycles. The van der Waals surface area contributed by atoms with Gasteiger partial charge in [-0.3, -0.25) is 9.36 Å². The second kappa shape index (κ2) is 33.6. The van der Waals surface area contributed by atoms with Crippen molar-refractivity contribution < 1.29 is 96.6 Å². The van der Waals surface area contributed by atoms with Gasteiger partial charge >= 0.3 is 429 Å². The number of aromatic nitrogens is 2. The Kier molecular flexibility index (Phi) is 26.2. The van der Waals surface area contributed by atoms with Crippen LogP contribution in [0.1, 0.15) is 176 Å². The van der Waals surface area contributed by atoms with Crippen LogP contribution < -0.4 is 55.2 Å². The predicted octanol–water partition coefficient (Wildman–Crippen LogP) is 3.52. The van der Waals surface area contributed by atoms with Crippen LogP contribution in [0.2, 0.25) is 0 Å². The van der Waals surface area contributed by atoms with E-state index in [2.05, 4.69) is 25.9 Å². The second-order valence-electron chi connectivity index (χ2n) is 31.6. The second-order valence-corrected chi connectivity index (χ2v) is 35.1. The van der Waals surface area contributed by atoms with Crippen LogP contribution in [-0.2, 0) is 71.6 Å². The third-order valence-corrected chi connectivity index (χ3v) is 27.6. The summed E-state index contributed by atoms with van der Waals surface area (Å²) in [6, 6.07) is 3.00. The number of imidazole rings is 1. The number of phosphoric ester groups is 1. The van der Waals surface area contributed by atoms with Gasteiger partial charge in [-0.25, -0.2) is 9.78 Å². The summed E-state index contributed by atoms with van der Waals surface area (Å²) < 4.78 is 33.7. The minimum atomic E-state index is -5.35. The number of hydrogen-bond donors (Lipinski definition) is 12. The van der Waals surface area contributed by atoms with E-state index in [0.29, 0.717) is 61.7 Å². The zero-order valence-corrected chi connectivity index (χ0v) is 66.1. The number of unbranched alkanes of at least 4 members (excludes halogenated alkanes) is 1. The van der Waals surface area contributed by atoms with Crippen LogP contribution in [0.4, 0.5) is 4.79 Å². The van der Waals surface area contributed by atoms with E-state index in [-0.39, 0.29) is 117 Å². The van der Waals surface area contributed by atoms with E-state index in [1.165, 1.54) is 17.8 Å². The Morgan fingerprint density at radius 2 is 1.46 bits per heavy atom. The third-order valence-electron chi connectivity index (χ3n) is 23.9. The maximum absolute atomic E-state index is 14.5. The van der Waals surface area contributed by atoms with Crippen LogP contribution >= 0.6 is 19.6 Å². The molecule has 1 aromatic heterocycles. The average Bonchev–Trinajstić information content (AvgIpc) is 1.51. The summed E-state index contributed by atoms with van der Waals surface area (Å²) in [5.41, 5.74) is 36.3. The van der Waals surface area contributed by atoms with Gasteiger partial charge in [0, 0.05) is 17.4 Å². The van der Waals surface area contributed by atoms with E-state index in [1.807, 2.05) is 65.4 Å². The fraction of sp³-hybridized carbons (Fsp3) is 0.644. The van der Waals surface area contributed by atoms with E-state index in [0.717, 1.165) is 36.1 Å². The number of primary amides is 6. The standard InChI is InChI=1S/C62H90N13O14P.C10H16N2O3S.CN.Co/c1-29-20-39-40(21-30(29)2)75(28-70-39)57-52(84)53(41(27-76)87-57)89-90(85,86)88-31(3)26-69-49(83)18-19-59(8)37(22-46(66)80)56-62(11)61(10,25-48(68)82)36(14-17-45(65)79)51(74-62)33(5)55-60(9,24-47(67)81)34(12-15-43(63)77)38(71-55)23-42-58(6,7)35(13-16-44(64)78)50(72-42)32(4)54(59)73-56;13-8(14)4-2-1-3-7-9-6(5-16-7)11-10(15)12-9;1-2;/h20-21,23,28,31,34-37,41,52-53,56-57,76,84H,12-19,22,24-27H2,1-11H3,(H15,63,64,65,66,67,68,69,71,72,73,74,77,78,79,80,81,82,83,85,86);6-7,9H,1-5H2,(H,13,14)(H2,11,12,15);;/q;;;+2/p-2/t31?,34-,35-,36-,37+,41-,52-,53-,56-,57+,59-,60+,61+,62+;6-,7-,9-;;/m10../s1. The van der Waals surface area contributed by atoms with Crippen LogP contribution in [0.3, 0.4) is 0 Å².